The summed E-state index contributed by atoms with van der Waals surface area (Å²) in [6.45, 7) is 6.77. The van der Waals surface area contributed by atoms with Gasteiger partial charge in [0.05, 0.1) is 6.10 Å². The van der Waals surface area contributed by atoms with Gasteiger partial charge in [-0.3, -0.25) is 9.69 Å². The van der Waals surface area contributed by atoms with Gasteiger partial charge in [0.2, 0.25) is 0 Å². The summed E-state index contributed by atoms with van der Waals surface area (Å²) in [6, 6.07) is 18.8. The Morgan fingerprint density at radius 3 is 2.16 bits per heavy atom. The third-order valence-corrected chi connectivity index (χ3v) is 9.23. The number of nitrogens with two attached hydrogens (primary N) is 1. The summed E-state index contributed by atoms with van der Waals surface area (Å²) in [4.78, 5) is 29.7. The Morgan fingerprint density at radius 2 is 1.51 bits per heavy atom. The number of benzene rings is 2. The van der Waals surface area contributed by atoms with Crippen molar-refractivity contribution in [2.24, 2.45) is 5.73 Å². The minimum Gasteiger partial charge on any atom is -0.393 e. The SMILES string of the molecule is CN1CCN(C2CCN(c3ccc(Nc4nc(N[C@H]5CC[C@@H](O)CC5)c(-c5ccccc5)nc4C(N)=O)cc3)CC2)CC1. The molecule has 43 heavy (non-hydrogen) atoms. The number of aromatic nitrogens is 2. The second-order valence-electron chi connectivity index (χ2n) is 12.2. The average molecular weight is 585 g/mol. The van der Waals surface area contributed by atoms with Gasteiger partial charge < -0.3 is 31.3 Å². The van der Waals surface area contributed by atoms with Crippen LogP contribution in [0.2, 0.25) is 0 Å². The number of piperazine rings is 1. The number of carbonyl (C=O) groups excluding carboxylic acids is 1. The molecule has 1 amide bonds. The molecule has 2 saturated heterocycles. The maximum absolute atomic E-state index is 12.6. The van der Waals surface area contributed by atoms with Gasteiger partial charge in [-0.05, 0) is 69.8 Å². The molecule has 0 spiro atoms. The largest absolute Gasteiger partial charge is 0.393 e. The molecule has 228 valence electrons. The van der Waals surface area contributed by atoms with Crippen LogP contribution in [0.25, 0.3) is 11.3 Å². The number of nitrogens with zero attached hydrogens (tertiary/aromatic N) is 5. The van der Waals surface area contributed by atoms with E-state index in [4.69, 9.17) is 15.7 Å². The molecule has 6 rings (SSSR count). The molecular weight excluding hydrogens is 540 g/mol. The Kier molecular flexibility index (Phi) is 9.06. The first kappa shape index (κ1) is 29.3. The number of nitrogens with one attached hydrogen (secondary N) is 2. The highest BCUT2D eigenvalue weighted by atomic mass is 16.3. The maximum atomic E-state index is 12.6. The van der Waals surface area contributed by atoms with Crippen molar-refractivity contribution in [3.63, 3.8) is 0 Å². The van der Waals surface area contributed by atoms with Gasteiger partial charge in [-0.15, -0.1) is 0 Å². The van der Waals surface area contributed by atoms with Gasteiger partial charge >= 0.3 is 0 Å². The number of piperidine rings is 1. The molecule has 2 aliphatic heterocycles. The van der Waals surface area contributed by atoms with E-state index in [9.17, 15) is 9.90 Å². The fraction of sp³-hybridized carbons (Fsp3) is 0.485. The average Bonchev–Trinajstić information content (AvgIpc) is 3.03. The van der Waals surface area contributed by atoms with Crippen molar-refractivity contribution in [2.75, 3.05) is 61.8 Å². The van der Waals surface area contributed by atoms with E-state index in [1.807, 2.05) is 42.5 Å². The predicted molar refractivity (Wildman–Crippen MR) is 172 cm³/mol. The summed E-state index contributed by atoms with van der Waals surface area (Å²) < 4.78 is 0. The van der Waals surface area contributed by atoms with Crippen LogP contribution in [-0.4, -0.2) is 95.3 Å². The number of amides is 1. The highest BCUT2D eigenvalue weighted by Crippen LogP contribution is 2.32. The molecule has 3 aromatic rings. The molecule has 1 aliphatic carbocycles. The molecule has 0 atom stereocenters. The van der Waals surface area contributed by atoms with Crippen LogP contribution >= 0.6 is 0 Å². The second kappa shape index (κ2) is 13.3. The Hall–Kier alpha value is -3.73. The van der Waals surface area contributed by atoms with Gasteiger partial charge in [0.1, 0.15) is 5.69 Å². The summed E-state index contributed by atoms with van der Waals surface area (Å²) in [5.41, 5.74) is 9.36. The molecular formula is C33H44N8O2. The topological polar surface area (TPSA) is 123 Å². The second-order valence-corrected chi connectivity index (χ2v) is 12.2. The van der Waals surface area contributed by atoms with Gasteiger partial charge in [0.25, 0.3) is 5.91 Å². The van der Waals surface area contributed by atoms with Gasteiger partial charge in [-0.1, -0.05) is 30.3 Å². The van der Waals surface area contributed by atoms with Crippen LogP contribution < -0.4 is 21.3 Å². The van der Waals surface area contributed by atoms with E-state index in [-0.39, 0.29) is 17.8 Å². The lowest BCUT2D eigenvalue weighted by atomic mass is 9.93. The monoisotopic (exact) mass is 584 g/mol. The lowest BCUT2D eigenvalue weighted by Gasteiger charge is -2.42. The highest BCUT2D eigenvalue weighted by Gasteiger charge is 2.27. The Morgan fingerprint density at radius 1 is 0.837 bits per heavy atom. The third kappa shape index (κ3) is 7.09. The third-order valence-electron chi connectivity index (χ3n) is 9.23. The van der Waals surface area contributed by atoms with Crippen LogP contribution in [0.15, 0.2) is 54.6 Å². The van der Waals surface area contributed by atoms with Crippen LogP contribution in [0.5, 0.6) is 0 Å². The normalized spacial score (nSPS) is 22.3. The molecule has 3 heterocycles. The number of likely N-dealkylation sites (N-methyl/N-ethyl adjacent to an activating group) is 1. The van der Waals surface area contributed by atoms with Crippen molar-refractivity contribution in [3.8, 4) is 11.3 Å². The van der Waals surface area contributed by atoms with Crippen LogP contribution in [0.3, 0.4) is 0 Å². The molecule has 3 aliphatic rings. The van der Waals surface area contributed by atoms with E-state index in [2.05, 4.69) is 44.5 Å². The van der Waals surface area contributed by atoms with Crippen LogP contribution in [-0.2, 0) is 0 Å². The standard InChI is InChI=1S/C33H44N8O2/c1-39-19-21-41(22-20-39)27-15-17-40(18-16-27)26-11-7-24(8-12-26)36-33-30(31(34)43)37-29(23-5-3-2-4-6-23)32(38-33)35-25-9-13-28(42)14-10-25/h2-8,11-12,25,27-28,42H,9-10,13-22H2,1H3,(H2,34,43)(H2,35,36,38)/t25-,28+. The zero-order valence-electron chi connectivity index (χ0n) is 25.1. The van der Waals surface area contributed by atoms with Gasteiger partial charge in [-0.25, -0.2) is 9.97 Å². The fourth-order valence-electron chi connectivity index (χ4n) is 6.57. The van der Waals surface area contributed by atoms with E-state index in [0.717, 1.165) is 63.1 Å². The fourth-order valence-corrected chi connectivity index (χ4v) is 6.57. The first-order valence-electron chi connectivity index (χ1n) is 15.7. The molecule has 5 N–H and O–H groups in total. The van der Waals surface area contributed by atoms with E-state index < -0.39 is 5.91 Å². The molecule has 0 bridgehead atoms. The summed E-state index contributed by atoms with van der Waals surface area (Å²) in [7, 11) is 2.21. The summed E-state index contributed by atoms with van der Waals surface area (Å²) in [6.07, 6.45) is 5.29. The van der Waals surface area contributed by atoms with Crippen molar-refractivity contribution in [2.45, 2.75) is 56.7 Å². The lowest BCUT2D eigenvalue weighted by molar-refractivity contribution is 0.0982. The Bertz CT molecular complexity index is 1360. The molecule has 3 fully saturated rings. The number of hydrogen-bond acceptors (Lipinski definition) is 9. The van der Waals surface area contributed by atoms with Crippen LogP contribution in [0.4, 0.5) is 23.0 Å². The minimum absolute atomic E-state index is 0.0959. The van der Waals surface area contributed by atoms with Crippen molar-refractivity contribution >= 4 is 28.9 Å². The lowest BCUT2D eigenvalue weighted by Crippen LogP contribution is -2.52. The molecule has 1 aromatic heterocycles. The predicted octanol–water partition coefficient (Wildman–Crippen LogP) is 3.92. The van der Waals surface area contributed by atoms with E-state index >= 15 is 0 Å². The quantitative estimate of drug-likeness (QED) is 0.312. The van der Waals surface area contributed by atoms with Crippen molar-refractivity contribution < 1.29 is 9.90 Å². The minimum atomic E-state index is -0.639. The molecule has 10 heteroatoms. The maximum Gasteiger partial charge on any atom is 0.271 e. The van der Waals surface area contributed by atoms with Crippen LogP contribution in [0.1, 0.15) is 49.0 Å². The zero-order chi connectivity index (χ0) is 29.8. The Balaban J connectivity index is 1.18. The van der Waals surface area contributed by atoms with Gasteiger partial charge in [-0.2, -0.15) is 0 Å². The number of anilines is 4. The number of aliphatic hydroxyl groups excluding tert-OH is 1. The number of rotatable bonds is 8. The number of hydrogen-bond donors (Lipinski definition) is 4. The van der Waals surface area contributed by atoms with E-state index in [1.54, 1.807) is 0 Å². The zero-order valence-corrected chi connectivity index (χ0v) is 25.1. The van der Waals surface area contributed by atoms with Crippen molar-refractivity contribution in [1.29, 1.82) is 0 Å². The molecule has 10 nitrogen and oxygen atoms in total. The summed E-state index contributed by atoms with van der Waals surface area (Å²) in [5, 5.41) is 16.9. The van der Waals surface area contributed by atoms with E-state index in [1.165, 1.54) is 31.6 Å². The smallest absolute Gasteiger partial charge is 0.271 e. The molecule has 0 radical (unpaired) electrons. The number of carbonyl (C=O) groups is 1. The summed E-state index contributed by atoms with van der Waals surface area (Å²) in [5.74, 6) is 0.283. The molecule has 0 unspecified atom stereocenters. The summed E-state index contributed by atoms with van der Waals surface area (Å²) >= 11 is 0. The van der Waals surface area contributed by atoms with Gasteiger partial charge in [0, 0.05) is 68.3 Å². The van der Waals surface area contributed by atoms with Gasteiger partial charge in [0.15, 0.2) is 17.3 Å². The van der Waals surface area contributed by atoms with Crippen LogP contribution in [0, 0.1) is 0 Å². The number of primary amides is 1. The first-order chi connectivity index (χ1) is 20.9. The van der Waals surface area contributed by atoms with Crippen molar-refractivity contribution in [3.05, 3.63) is 60.3 Å². The molecule has 1 saturated carbocycles. The van der Waals surface area contributed by atoms with E-state index in [0.29, 0.717) is 23.4 Å². The number of aliphatic hydroxyl groups is 1. The van der Waals surface area contributed by atoms with Crippen molar-refractivity contribution in [1.82, 2.24) is 19.8 Å². The Labute approximate surface area is 254 Å². The highest BCUT2D eigenvalue weighted by molar-refractivity contribution is 5.97. The molecule has 2 aromatic carbocycles. The first-order valence-corrected chi connectivity index (χ1v) is 15.7.